The Balaban J connectivity index is 2.04. The van der Waals surface area contributed by atoms with Gasteiger partial charge >= 0.3 is 5.92 Å². The van der Waals surface area contributed by atoms with Gasteiger partial charge in [0.05, 0.1) is 0 Å². The molecule has 3 nitrogen and oxygen atoms in total. The van der Waals surface area contributed by atoms with Gasteiger partial charge in [-0.3, -0.25) is 4.79 Å². The molecule has 0 atom stereocenters. The lowest BCUT2D eigenvalue weighted by molar-refractivity contribution is 0.0147. The fraction of sp³-hybridized carbons (Fsp3) is 0.125. The van der Waals surface area contributed by atoms with E-state index in [-0.39, 0.29) is 11.3 Å². The fourth-order valence-electron chi connectivity index (χ4n) is 2.04. The molecule has 0 spiro atoms. The van der Waals surface area contributed by atoms with Crippen molar-refractivity contribution in [2.75, 3.05) is 0 Å². The van der Waals surface area contributed by atoms with E-state index in [0.717, 1.165) is 0 Å². The molecule has 1 aromatic heterocycles. The summed E-state index contributed by atoms with van der Waals surface area (Å²) in [6.45, 7) is 1.38. The average molecular weight is 287 g/mol. The minimum atomic E-state index is -3.35. The van der Waals surface area contributed by atoms with Crippen molar-refractivity contribution in [1.82, 2.24) is 4.98 Å². The number of carbonyl (C=O) groups is 1. The topological polar surface area (TPSA) is 43.1 Å². The van der Waals surface area contributed by atoms with Crippen LogP contribution in [0.1, 0.15) is 28.7 Å². The smallest absolute Gasteiger partial charge is 0.347 e. The van der Waals surface area contributed by atoms with Crippen LogP contribution in [-0.2, 0) is 5.92 Å². The lowest BCUT2D eigenvalue weighted by atomic mass is 10.0. The number of ketones is 1. The Morgan fingerprint density at radius 2 is 1.76 bits per heavy atom. The third kappa shape index (κ3) is 2.31. The van der Waals surface area contributed by atoms with Gasteiger partial charge in [0, 0.05) is 11.1 Å². The number of alkyl halides is 2. The molecule has 21 heavy (non-hydrogen) atoms. The second-order valence-electron chi connectivity index (χ2n) is 4.69. The van der Waals surface area contributed by atoms with E-state index in [4.69, 9.17) is 4.42 Å². The number of aromatic nitrogens is 1. The van der Waals surface area contributed by atoms with Gasteiger partial charge in [0.15, 0.2) is 11.4 Å². The number of benzene rings is 2. The van der Waals surface area contributed by atoms with E-state index in [2.05, 4.69) is 4.98 Å². The molecule has 3 aromatic rings. The first-order valence-electron chi connectivity index (χ1n) is 6.34. The van der Waals surface area contributed by atoms with Crippen LogP contribution in [0.2, 0.25) is 0 Å². The summed E-state index contributed by atoms with van der Waals surface area (Å²) in [6.07, 6.45) is 0. The molecule has 0 saturated carbocycles. The quantitative estimate of drug-likeness (QED) is 0.679. The van der Waals surface area contributed by atoms with Crippen LogP contribution in [0.5, 0.6) is 0 Å². The normalized spacial score (nSPS) is 11.8. The number of para-hydroxylation sites is 2. The molecule has 0 aliphatic heterocycles. The molecule has 0 saturated heterocycles. The average Bonchev–Trinajstić information content (AvgIpc) is 2.92. The Labute approximate surface area is 119 Å². The van der Waals surface area contributed by atoms with Crippen molar-refractivity contribution in [3.05, 3.63) is 65.5 Å². The van der Waals surface area contributed by atoms with E-state index in [9.17, 15) is 13.6 Å². The van der Waals surface area contributed by atoms with Gasteiger partial charge in [-0.15, -0.1) is 0 Å². The first-order chi connectivity index (χ1) is 9.98. The summed E-state index contributed by atoms with van der Waals surface area (Å²) in [7, 11) is 0. The number of oxazole rings is 1. The lowest BCUT2D eigenvalue weighted by Crippen LogP contribution is -2.15. The number of hydrogen-bond acceptors (Lipinski definition) is 3. The zero-order valence-corrected chi connectivity index (χ0v) is 11.1. The van der Waals surface area contributed by atoms with Gasteiger partial charge in [-0.2, -0.15) is 8.78 Å². The van der Waals surface area contributed by atoms with Crippen molar-refractivity contribution in [2.45, 2.75) is 12.8 Å². The van der Waals surface area contributed by atoms with Gasteiger partial charge in [0.1, 0.15) is 5.52 Å². The van der Waals surface area contributed by atoms with Gasteiger partial charge in [-0.05, 0) is 19.1 Å². The first kappa shape index (κ1) is 13.4. The number of nitrogens with zero attached hydrogens (tertiary/aromatic N) is 1. The molecule has 106 valence electrons. The lowest BCUT2D eigenvalue weighted by Gasteiger charge is -2.12. The van der Waals surface area contributed by atoms with Crippen LogP contribution in [0.3, 0.4) is 0 Å². The second kappa shape index (κ2) is 4.77. The van der Waals surface area contributed by atoms with Crippen LogP contribution in [0, 0.1) is 0 Å². The first-order valence-corrected chi connectivity index (χ1v) is 6.34. The van der Waals surface area contributed by atoms with Gasteiger partial charge in [0.2, 0.25) is 0 Å². The summed E-state index contributed by atoms with van der Waals surface area (Å²) in [5, 5.41) is 0. The number of carbonyl (C=O) groups excluding carboxylic acids is 1. The minimum absolute atomic E-state index is 0.174. The van der Waals surface area contributed by atoms with E-state index in [1.54, 1.807) is 24.3 Å². The van der Waals surface area contributed by atoms with Crippen LogP contribution < -0.4 is 0 Å². The maximum atomic E-state index is 14.4. The van der Waals surface area contributed by atoms with E-state index < -0.39 is 11.8 Å². The highest BCUT2D eigenvalue weighted by atomic mass is 19.3. The van der Waals surface area contributed by atoms with Crippen molar-refractivity contribution in [1.29, 1.82) is 0 Å². The van der Waals surface area contributed by atoms with Crippen LogP contribution in [-0.4, -0.2) is 10.8 Å². The molecule has 0 aliphatic carbocycles. The maximum absolute atomic E-state index is 14.4. The Bertz CT molecular complexity index is 774. The summed E-state index contributed by atoms with van der Waals surface area (Å²) in [5.74, 6) is -4.18. The zero-order chi connectivity index (χ0) is 15.0. The molecule has 0 bridgehead atoms. The van der Waals surface area contributed by atoms with E-state index in [1.165, 1.54) is 31.2 Å². The number of hydrogen-bond donors (Lipinski definition) is 0. The summed E-state index contributed by atoms with van der Waals surface area (Å²) >= 11 is 0. The molecule has 0 fully saturated rings. The summed E-state index contributed by atoms with van der Waals surface area (Å²) in [6, 6.07) is 11.8. The SMILES string of the molecule is CC(=O)c1ccc(C(F)(F)c2nc3ccccc3o2)cc1. The molecule has 0 unspecified atom stereocenters. The monoisotopic (exact) mass is 287 g/mol. The van der Waals surface area contributed by atoms with Crippen LogP contribution in [0.4, 0.5) is 8.78 Å². The molecule has 0 radical (unpaired) electrons. The summed E-state index contributed by atoms with van der Waals surface area (Å²) in [5.41, 5.74) is 0.811. The molecule has 1 heterocycles. The number of halogens is 2. The van der Waals surface area contributed by atoms with Crippen LogP contribution in [0.15, 0.2) is 52.9 Å². The Morgan fingerprint density at radius 1 is 1.10 bits per heavy atom. The largest absolute Gasteiger partial charge is 0.435 e. The predicted octanol–water partition coefficient (Wildman–Crippen LogP) is 4.17. The van der Waals surface area contributed by atoms with Crippen molar-refractivity contribution in [3.63, 3.8) is 0 Å². The molecule has 5 heteroatoms. The van der Waals surface area contributed by atoms with Crippen LogP contribution in [0.25, 0.3) is 11.1 Å². The molecule has 0 aliphatic rings. The van der Waals surface area contributed by atoms with E-state index in [1.807, 2.05) is 0 Å². The van der Waals surface area contributed by atoms with Crippen molar-refractivity contribution >= 4 is 16.9 Å². The standard InChI is InChI=1S/C16H11F2NO2/c1-10(20)11-6-8-12(9-7-11)16(17,18)15-19-13-4-2-3-5-14(13)21-15/h2-9H,1H3. The second-order valence-corrected chi connectivity index (χ2v) is 4.69. The number of Topliss-reactive ketones (excluding diaryl/α,β-unsaturated/α-hetero) is 1. The maximum Gasteiger partial charge on any atom is 0.347 e. The fourth-order valence-corrected chi connectivity index (χ4v) is 2.04. The minimum Gasteiger partial charge on any atom is -0.435 e. The summed E-state index contributed by atoms with van der Waals surface area (Å²) in [4.78, 5) is 15.0. The molecule has 3 rings (SSSR count). The molecule has 0 amide bonds. The van der Waals surface area contributed by atoms with Crippen molar-refractivity contribution in [2.24, 2.45) is 0 Å². The van der Waals surface area contributed by atoms with Gasteiger partial charge in [-0.25, -0.2) is 4.98 Å². The Kier molecular flexibility index (Phi) is 3.05. The highest BCUT2D eigenvalue weighted by molar-refractivity contribution is 5.94. The third-order valence-electron chi connectivity index (χ3n) is 3.22. The Morgan fingerprint density at radius 3 is 2.38 bits per heavy atom. The predicted molar refractivity (Wildman–Crippen MR) is 73.5 cm³/mol. The molecule has 2 aromatic carbocycles. The highest BCUT2D eigenvalue weighted by Crippen LogP contribution is 2.36. The van der Waals surface area contributed by atoms with E-state index >= 15 is 0 Å². The Hall–Kier alpha value is -2.56. The van der Waals surface area contributed by atoms with Gasteiger partial charge in [-0.1, -0.05) is 36.4 Å². The van der Waals surface area contributed by atoms with Crippen molar-refractivity contribution in [3.8, 4) is 0 Å². The van der Waals surface area contributed by atoms with E-state index in [0.29, 0.717) is 16.7 Å². The molecular formula is C16H11F2NO2. The third-order valence-corrected chi connectivity index (χ3v) is 3.22. The van der Waals surface area contributed by atoms with Crippen molar-refractivity contribution < 1.29 is 18.0 Å². The van der Waals surface area contributed by atoms with Gasteiger partial charge < -0.3 is 4.42 Å². The highest BCUT2D eigenvalue weighted by Gasteiger charge is 2.39. The van der Waals surface area contributed by atoms with Crippen LogP contribution >= 0.6 is 0 Å². The number of fused-ring (bicyclic) bond motifs is 1. The number of rotatable bonds is 3. The summed E-state index contributed by atoms with van der Waals surface area (Å²) < 4.78 is 34.0. The molecule has 0 N–H and O–H groups in total. The zero-order valence-electron chi connectivity index (χ0n) is 11.1. The molecular weight excluding hydrogens is 276 g/mol. The van der Waals surface area contributed by atoms with Gasteiger partial charge in [0.25, 0.3) is 5.89 Å².